The average molecular weight is 267 g/mol. The summed E-state index contributed by atoms with van der Waals surface area (Å²) >= 11 is 0. The molecule has 2 rings (SSSR count). The fourth-order valence-electron chi connectivity index (χ4n) is 2.02. The van der Waals surface area contributed by atoms with Gasteiger partial charge in [-0.25, -0.2) is 8.78 Å². The molecule has 1 aliphatic rings. The second-order valence-electron chi connectivity index (χ2n) is 4.38. The zero-order valence-corrected chi connectivity index (χ0v) is 9.31. The van der Waals surface area contributed by atoms with Crippen LogP contribution in [0.3, 0.4) is 0 Å². The standard InChI is InChI=1S/C11H10F5NO/c1-10(5-8(18-17-10)11(14,15)16)9-6(12)3-2-4-7(9)13/h2-4,8,17H,5H2,1H3/t8-,10-/m1/s1. The maximum Gasteiger partial charge on any atom is 0.416 e. The molecule has 2 nitrogen and oxygen atoms in total. The quantitative estimate of drug-likeness (QED) is 0.790. The first-order chi connectivity index (χ1) is 8.24. The molecule has 7 heteroatoms. The van der Waals surface area contributed by atoms with E-state index in [1.807, 2.05) is 0 Å². The molecule has 1 aliphatic heterocycles. The van der Waals surface area contributed by atoms with Crippen molar-refractivity contribution in [1.82, 2.24) is 5.48 Å². The van der Waals surface area contributed by atoms with Crippen LogP contribution in [0.1, 0.15) is 18.9 Å². The van der Waals surface area contributed by atoms with Crippen molar-refractivity contribution in [2.75, 3.05) is 0 Å². The van der Waals surface area contributed by atoms with Crippen LogP contribution < -0.4 is 5.48 Å². The van der Waals surface area contributed by atoms with Gasteiger partial charge in [-0.15, -0.1) is 0 Å². The first kappa shape index (κ1) is 13.2. The molecule has 0 radical (unpaired) electrons. The van der Waals surface area contributed by atoms with E-state index in [-0.39, 0.29) is 0 Å². The number of halogens is 5. The smallest absolute Gasteiger partial charge is 0.288 e. The molecule has 0 unspecified atom stereocenters. The Kier molecular flexibility index (Phi) is 3.06. The zero-order valence-electron chi connectivity index (χ0n) is 9.31. The van der Waals surface area contributed by atoms with E-state index < -0.39 is 41.4 Å². The van der Waals surface area contributed by atoms with Gasteiger partial charge in [-0.2, -0.15) is 18.7 Å². The second kappa shape index (κ2) is 4.17. The summed E-state index contributed by atoms with van der Waals surface area (Å²) in [7, 11) is 0. The van der Waals surface area contributed by atoms with E-state index in [0.29, 0.717) is 0 Å². The highest BCUT2D eigenvalue weighted by Crippen LogP contribution is 2.40. The lowest BCUT2D eigenvalue weighted by atomic mass is 9.87. The van der Waals surface area contributed by atoms with Gasteiger partial charge in [-0.3, -0.25) is 4.84 Å². The lowest BCUT2D eigenvalue weighted by Gasteiger charge is -2.24. The third-order valence-corrected chi connectivity index (χ3v) is 2.90. The minimum Gasteiger partial charge on any atom is -0.288 e. The number of alkyl halides is 3. The highest BCUT2D eigenvalue weighted by Gasteiger charge is 2.52. The normalized spacial score (nSPS) is 28.7. The predicted molar refractivity (Wildman–Crippen MR) is 52.4 cm³/mol. The summed E-state index contributed by atoms with van der Waals surface area (Å²) in [4.78, 5) is 4.39. The third-order valence-electron chi connectivity index (χ3n) is 2.90. The van der Waals surface area contributed by atoms with Crippen LogP contribution in [0.5, 0.6) is 0 Å². The van der Waals surface area contributed by atoms with E-state index in [1.165, 1.54) is 6.92 Å². The van der Waals surface area contributed by atoms with Crippen LogP contribution in [-0.2, 0) is 10.4 Å². The monoisotopic (exact) mass is 267 g/mol. The molecule has 1 heterocycles. The molecule has 0 amide bonds. The van der Waals surface area contributed by atoms with Gasteiger partial charge in [-0.1, -0.05) is 6.07 Å². The van der Waals surface area contributed by atoms with Crippen molar-refractivity contribution in [3.8, 4) is 0 Å². The van der Waals surface area contributed by atoms with Crippen LogP contribution in [0.4, 0.5) is 22.0 Å². The van der Waals surface area contributed by atoms with Crippen molar-refractivity contribution >= 4 is 0 Å². The van der Waals surface area contributed by atoms with E-state index in [4.69, 9.17) is 0 Å². The van der Waals surface area contributed by atoms with Gasteiger partial charge in [0.2, 0.25) is 0 Å². The number of hydrogen-bond acceptors (Lipinski definition) is 2. The first-order valence-electron chi connectivity index (χ1n) is 5.18. The lowest BCUT2D eigenvalue weighted by Crippen LogP contribution is -2.34. The molecular weight excluding hydrogens is 257 g/mol. The van der Waals surface area contributed by atoms with Crippen molar-refractivity contribution in [1.29, 1.82) is 0 Å². The molecule has 0 bridgehead atoms. The molecule has 1 N–H and O–H groups in total. The van der Waals surface area contributed by atoms with Crippen LogP contribution in [0, 0.1) is 11.6 Å². The molecule has 2 atom stereocenters. The van der Waals surface area contributed by atoms with Crippen molar-refractivity contribution in [3.63, 3.8) is 0 Å². The van der Waals surface area contributed by atoms with E-state index in [0.717, 1.165) is 18.2 Å². The Labute approximate surface area is 99.7 Å². The molecule has 1 saturated heterocycles. The van der Waals surface area contributed by atoms with Gasteiger partial charge < -0.3 is 0 Å². The average Bonchev–Trinajstić information content (AvgIpc) is 2.60. The molecule has 0 aliphatic carbocycles. The van der Waals surface area contributed by atoms with Gasteiger partial charge in [0.05, 0.1) is 5.54 Å². The fraction of sp³-hybridized carbons (Fsp3) is 0.455. The molecule has 1 aromatic carbocycles. The van der Waals surface area contributed by atoms with Gasteiger partial charge in [0.25, 0.3) is 0 Å². The minimum atomic E-state index is -4.58. The Bertz CT molecular complexity index is 441. The SMILES string of the molecule is C[C@]1(c2c(F)cccc2F)C[C@H](C(F)(F)F)ON1. The van der Waals surface area contributed by atoms with Crippen molar-refractivity contribution in [2.45, 2.75) is 31.2 Å². The Morgan fingerprint density at radius 3 is 2.28 bits per heavy atom. The summed E-state index contributed by atoms with van der Waals surface area (Å²) in [5.74, 6) is -1.81. The van der Waals surface area contributed by atoms with Crippen LogP contribution in [0.25, 0.3) is 0 Å². The largest absolute Gasteiger partial charge is 0.416 e. The minimum absolute atomic E-state index is 0.447. The van der Waals surface area contributed by atoms with E-state index in [2.05, 4.69) is 10.3 Å². The Morgan fingerprint density at radius 1 is 1.28 bits per heavy atom. The summed E-state index contributed by atoms with van der Waals surface area (Å²) < 4.78 is 64.5. The molecule has 18 heavy (non-hydrogen) atoms. The van der Waals surface area contributed by atoms with Gasteiger partial charge in [0.1, 0.15) is 11.6 Å². The second-order valence-corrected chi connectivity index (χ2v) is 4.38. The van der Waals surface area contributed by atoms with E-state index in [9.17, 15) is 22.0 Å². The lowest BCUT2D eigenvalue weighted by molar-refractivity contribution is -0.218. The predicted octanol–water partition coefficient (Wildman–Crippen LogP) is 3.04. The zero-order chi connectivity index (χ0) is 13.6. The highest BCUT2D eigenvalue weighted by atomic mass is 19.4. The highest BCUT2D eigenvalue weighted by molar-refractivity contribution is 5.28. The van der Waals surface area contributed by atoms with Crippen molar-refractivity contribution in [3.05, 3.63) is 35.4 Å². The molecular formula is C11H10F5NO. The fourth-order valence-corrected chi connectivity index (χ4v) is 2.02. The summed E-state index contributed by atoms with van der Waals surface area (Å²) in [6, 6.07) is 3.13. The van der Waals surface area contributed by atoms with Gasteiger partial charge >= 0.3 is 6.18 Å². The molecule has 0 spiro atoms. The van der Waals surface area contributed by atoms with Crippen LogP contribution in [0.15, 0.2) is 18.2 Å². The van der Waals surface area contributed by atoms with Gasteiger partial charge in [0, 0.05) is 12.0 Å². The molecule has 1 aromatic rings. The van der Waals surface area contributed by atoms with Crippen LogP contribution in [0.2, 0.25) is 0 Å². The van der Waals surface area contributed by atoms with Gasteiger partial charge in [0.15, 0.2) is 6.10 Å². The molecule has 0 saturated carbocycles. The summed E-state index contributed by atoms with van der Waals surface area (Å²) in [5.41, 5.74) is 0.0941. The maximum atomic E-state index is 13.6. The maximum absolute atomic E-state index is 13.6. The van der Waals surface area contributed by atoms with Crippen LogP contribution in [-0.4, -0.2) is 12.3 Å². The van der Waals surface area contributed by atoms with E-state index in [1.54, 1.807) is 0 Å². The first-order valence-corrected chi connectivity index (χ1v) is 5.18. The Morgan fingerprint density at radius 2 is 1.83 bits per heavy atom. The summed E-state index contributed by atoms with van der Waals surface area (Å²) in [5, 5.41) is 0. The number of hydrogen-bond donors (Lipinski definition) is 1. The van der Waals surface area contributed by atoms with Crippen molar-refractivity contribution < 1.29 is 26.8 Å². The number of nitrogens with one attached hydrogen (secondary N) is 1. The Hall–Kier alpha value is -1.21. The molecule has 1 fully saturated rings. The summed E-state index contributed by atoms with van der Waals surface area (Å²) in [6.07, 6.45) is -7.25. The summed E-state index contributed by atoms with van der Waals surface area (Å²) in [6.45, 7) is 1.26. The number of hydroxylamine groups is 1. The number of benzene rings is 1. The van der Waals surface area contributed by atoms with Crippen molar-refractivity contribution in [2.24, 2.45) is 0 Å². The van der Waals surface area contributed by atoms with E-state index >= 15 is 0 Å². The Balaban J connectivity index is 2.35. The molecule has 0 aromatic heterocycles. The molecule has 100 valence electrons. The van der Waals surface area contributed by atoms with Crippen LogP contribution >= 0.6 is 0 Å². The topological polar surface area (TPSA) is 21.3 Å². The number of rotatable bonds is 1. The van der Waals surface area contributed by atoms with Gasteiger partial charge in [-0.05, 0) is 19.1 Å². The third kappa shape index (κ3) is 2.20.